The number of hydrogen-bond donors (Lipinski definition) is 1. The van der Waals surface area contributed by atoms with Gasteiger partial charge in [-0.15, -0.1) is 0 Å². The van der Waals surface area contributed by atoms with Crippen LogP contribution in [0, 0.1) is 0 Å². The van der Waals surface area contributed by atoms with Gasteiger partial charge in [0.15, 0.2) is 0 Å². The van der Waals surface area contributed by atoms with E-state index in [0.29, 0.717) is 18.5 Å². The van der Waals surface area contributed by atoms with Crippen LogP contribution in [0.2, 0.25) is 0 Å². The van der Waals surface area contributed by atoms with Crippen LogP contribution in [-0.4, -0.2) is 25.7 Å². The van der Waals surface area contributed by atoms with Crippen molar-refractivity contribution in [2.45, 2.75) is 31.2 Å². The first-order chi connectivity index (χ1) is 8.31. The van der Waals surface area contributed by atoms with E-state index >= 15 is 0 Å². The molecule has 0 spiro atoms. The number of methoxy groups -OCH3 is 1. The van der Waals surface area contributed by atoms with Gasteiger partial charge >= 0.3 is 5.97 Å². The van der Waals surface area contributed by atoms with Gasteiger partial charge in [-0.2, -0.15) is 0 Å². The molecule has 2 atom stereocenters. The highest BCUT2D eigenvalue weighted by molar-refractivity contribution is 5.71. The number of benzene rings is 1. The van der Waals surface area contributed by atoms with Crippen LogP contribution < -0.4 is 5.32 Å². The molecule has 92 valence electrons. The van der Waals surface area contributed by atoms with Crippen LogP contribution in [0.4, 0.5) is 0 Å². The van der Waals surface area contributed by atoms with E-state index in [4.69, 9.17) is 0 Å². The van der Waals surface area contributed by atoms with Gasteiger partial charge in [0.25, 0.3) is 0 Å². The van der Waals surface area contributed by atoms with Crippen LogP contribution in [0.1, 0.15) is 30.7 Å². The number of nitrogens with one attached hydrogen (secondary N) is 1. The molecule has 1 aliphatic carbocycles. The van der Waals surface area contributed by atoms with Gasteiger partial charge < -0.3 is 10.1 Å². The first-order valence-electron chi connectivity index (χ1n) is 6.16. The summed E-state index contributed by atoms with van der Waals surface area (Å²) in [5, 5.41) is 3.31. The Morgan fingerprint density at radius 3 is 2.82 bits per heavy atom. The third-order valence-electron chi connectivity index (χ3n) is 3.48. The van der Waals surface area contributed by atoms with Gasteiger partial charge in [0.1, 0.15) is 0 Å². The molecule has 1 N–H and O–H groups in total. The fraction of sp³-hybridized carbons (Fsp3) is 0.500. The lowest BCUT2D eigenvalue weighted by atomic mass is 9.94. The van der Waals surface area contributed by atoms with E-state index in [1.165, 1.54) is 25.5 Å². The Balaban J connectivity index is 1.96. The quantitative estimate of drug-likeness (QED) is 0.809. The molecule has 0 aliphatic heterocycles. The molecule has 0 heterocycles. The van der Waals surface area contributed by atoms with E-state index in [0.717, 1.165) is 6.42 Å². The molecule has 1 aromatic rings. The molecule has 2 rings (SSSR count). The predicted octanol–water partition coefficient (Wildman–Crippen LogP) is 2.09. The molecular weight excluding hydrogens is 214 g/mol. The number of esters is 1. The zero-order valence-corrected chi connectivity index (χ0v) is 10.2. The van der Waals surface area contributed by atoms with Gasteiger partial charge in [-0.3, -0.25) is 4.79 Å². The van der Waals surface area contributed by atoms with Crippen molar-refractivity contribution < 1.29 is 9.53 Å². The largest absolute Gasteiger partial charge is 0.468 e. The van der Waals surface area contributed by atoms with Crippen LogP contribution in [-0.2, 0) is 9.53 Å². The van der Waals surface area contributed by atoms with E-state index < -0.39 is 0 Å². The number of rotatable bonds is 4. The predicted molar refractivity (Wildman–Crippen MR) is 66.8 cm³/mol. The second-order valence-electron chi connectivity index (χ2n) is 4.51. The second kappa shape index (κ2) is 5.82. The Labute approximate surface area is 102 Å². The lowest BCUT2D eigenvalue weighted by Crippen LogP contribution is -2.35. The Kier molecular flexibility index (Phi) is 4.15. The summed E-state index contributed by atoms with van der Waals surface area (Å²) in [6, 6.07) is 10.9. The average Bonchev–Trinajstić information content (AvgIpc) is 2.85. The van der Waals surface area contributed by atoms with E-state index in [1.807, 2.05) is 6.07 Å². The van der Waals surface area contributed by atoms with Gasteiger partial charge in [-0.05, 0) is 24.3 Å². The van der Waals surface area contributed by atoms with Crippen molar-refractivity contribution in [2.24, 2.45) is 0 Å². The maximum absolute atomic E-state index is 11.1. The lowest BCUT2D eigenvalue weighted by molar-refractivity contribution is -0.139. The topological polar surface area (TPSA) is 38.3 Å². The maximum Gasteiger partial charge on any atom is 0.319 e. The molecular formula is C14H19NO2. The minimum atomic E-state index is -0.191. The smallest absolute Gasteiger partial charge is 0.319 e. The molecule has 0 radical (unpaired) electrons. The highest BCUT2D eigenvalue weighted by Crippen LogP contribution is 2.34. The Bertz CT molecular complexity index is 364. The van der Waals surface area contributed by atoms with Crippen LogP contribution in [0.15, 0.2) is 30.3 Å². The Hall–Kier alpha value is -1.35. The van der Waals surface area contributed by atoms with Crippen molar-refractivity contribution in [3.63, 3.8) is 0 Å². The number of carbonyl (C=O) groups is 1. The zero-order chi connectivity index (χ0) is 12.1. The highest BCUT2D eigenvalue weighted by atomic mass is 16.5. The zero-order valence-electron chi connectivity index (χ0n) is 10.2. The Morgan fingerprint density at radius 1 is 1.35 bits per heavy atom. The molecule has 0 saturated heterocycles. The second-order valence-corrected chi connectivity index (χ2v) is 4.51. The molecule has 0 aromatic heterocycles. The van der Waals surface area contributed by atoms with Crippen molar-refractivity contribution in [1.29, 1.82) is 0 Å². The summed E-state index contributed by atoms with van der Waals surface area (Å²) in [6.07, 6.45) is 3.55. The van der Waals surface area contributed by atoms with Gasteiger partial charge in [-0.25, -0.2) is 0 Å². The lowest BCUT2D eigenvalue weighted by Gasteiger charge is -2.20. The molecule has 2 unspecified atom stereocenters. The van der Waals surface area contributed by atoms with E-state index in [2.05, 4.69) is 34.3 Å². The van der Waals surface area contributed by atoms with Crippen molar-refractivity contribution in [1.82, 2.24) is 5.32 Å². The van der Waals surface area contributed by atoms with Gasteiger partial charge in [0, 0.05) is 6.04 Å². The SMILES string of the molecule is COC(=O)CNC1CCCC1c1ccccc1. The number of hydrogen-bond acceptors (Lipinski definition) is 3. The fourth-order valence-electron chi connectivity index (χ4n) is 2.59. The van der Waals surface area contributed by atoms with Gasteiger partial charge in [-0.1, -0.05) is 36.8 Å². The first-order valence-corrected chi connectivity index (χ1v) is 6.16. The average molecular weight is 233 g/mol. The summed E-state index contributed by atoms with van der Waals surface area (Å²) < 4.78 is 4.65. The van der Waals surface area contributed by atoms with Crippen molar-refractivity contribution in [3.8, 4) is 0 Å². The van der Waals surface area contributed by atoms with Crippen LogP contribution in [0.5, 0.6) is 0 Å². The molecule has 1 aliphatic rings. The molecule has 0 amide bonds. The highest BCUT2D eigenvalue weighted by Gasteiger charge is 2.28. The normalized spacial score (nSPS) is 23.6. The molecule has 17 heavy (non-hydrogen) atoms. The standard InChI is InChI=1S/C14H19NO2/c1-17-14(16)10-15-13-9-5-8-12(13)11-6-3-2-4-7-11/h2-4,6-7,12-13,15H,5,8-10H2,1H3. The van der Waals surface area contributed by atoms with E-state index in [1.54, 1.807) is 0 Å². The molecule has 0 bridgehead atoms. The summed E-state index contributed by atoms with van der Waals surface area (Å²) in [5.41, 5.74) is 1.37. The summed E-state index contributed by atoms with van der Waals surface area (Å²) in [6.45, 7) is 0.310. The third-order valence-corrected chi connectivity index (χ3v) is 3.48. The third kappa shape index (κ3) is 3.07. The van der Waals surface area contributed by atoms with Gasteiger partial charge in [0.2, 0.25) is 0 Å². The van der Waals surface area contributed by atoms with Crippen LogP contribution >= 0.6 is 0 Å². The molecule has 1 fully saturated rings. The maximum atomic E-state index is 11.1. The minimum absolute atomic E-state index is 0.191. The first kappa shape index (κ1) is 12.1. The molecule has 1 saturated carbocycles. The number of ether oxygens (including phenoxy) is 1. The molecule has 1 aromatic carbocycles. The van der Waals surface area contributed by atoms with E-state index in [-0.39, 0.29) is 5.97 Å². The number of carbonyl (C=O) groups excluding carboxylic acids is 1. The summed E-state index contributed by atoms with van der Waals surface area (Å²) >= 11 is 0. The summed E-state index contributed by atoms with van der Waals surface area (Å²) in [4.78, 5) is 11.1. The molecule has 3 nitrogen and oxygen atoms in total. The summed E-state index contributed by atoms with van der Waals surface area (Å²) in [7, 11) is 1.42. The summed E-state index contributed by atoms with van der Waals surface area (Å²) in [5.74, 6) is 0.338. The Morgan fingerprint density at radius 2 is 2.12 bits per heavy atom. The molecule has 3 heteroatoms. The van der Waals surface area contributed by atoms with Crippen molar-refractivity contribution >= 4 is 5.97 Å². The van der Waals surface area contributed by atoms with Crippen molar-refractivity contribution in [3.05, 3.63) is 35.9 Å². The van der Waals surface area contributed by atoms with Gasteiger partial charge in [0.05, 0.1) is 13.7 Å². The monoisotopic (exact) mass is 233 g/mol. The van der Waals surface area contributed by atoms with Crippen LogP contribution in [0.3, 0.4) is 0 Å². The van der Waals surface area contributed by atoms with Crippen LogP contribution in [0.25, 0.3) is 0 Å². The van der Waals surface area contributed by atoms with Crippen molar-refractivity contribution in [2.75, 3.05) is 13.7 Å². The minimum Gasteiger partial charge on any atom is -0.468 e. The fourth-order valence-corrected chi connectivity index (χ4v) is 2.59. The van der Waals surface area contributed by atoms with E-state index in [9.17, 15) is 4.79 Å².